The van der Waals surface area contributed by atoms with Gasteiger partial charge >= 0.3 is 11.9 Å². The fourth-order valence-corrected chi connectivity index (χ4v) is 5.72. The van der Waals surface area contributed by atoms with Crippen molar-refractivity contribution >= 4 is 56.3 Å². The number of hydrogen-bond acceptors (Lipinski definition) is 6. The van der Waals surface area contributed by atoms with Crippen LogP contribution in [-0.2, 0) is 19.1 Å². The summed E-state index contributed by atoms with van der Waals surface area (Å²) in [5.74, 6) is -1.12. The summed E-state index contributed by atoms with van der Waals surface area (Å²) in [6, 6.07) is 12.7. The molecule has 6 rings (SSSR count). The van der Waals surface area contributed by atoms with Gasteiger partial charge in [-0.25, -0.2) is 9.97 Å². The average Bonchev–Trinajstić information content (AvgIpc) is 3.61. The predicted octanol–water partition coefficient (Wildman–Crippen LogP) is 6.84. The molecule has 0 saturated carbocycles. The van der Waals surface area contributed by atoms with Gasteiger partial charge in [0, 0.05) is 22.1 Å². The quantitative estimate of drug-likeness (QED) is 0.234. The Bertz CT molecular complexity index is 1800. The monoisotopic (exact) mass is 550 g/mol. The van der Waals surface area contributed by atoms with E-state index in [2.05, 4.69) is 74.1 Å². The Morgan fingerprint density at radius 3 is 1.66 bits per heavy atom. The lowest BCUT2D eigenvalue weighted by atomic mass is 9.98. The molecular weight excluding hydrogens is 516 g/mol. The number of rotatable bonds is 0. The lowest BCUT2D eigenvalue weighted by Crippen LogP contribution is -2.15. The fraction of sp³-hybridized carbons (Fsp3) is 0.333. The molecule has 0 radical (unpaired) electrons. The molecule has 0 unspecified atom stereocenters. The van der Waals surface area contributed by atoms with Crippen LogP contribution in [-0.4, -0.2) is 45.1 Å². The second-order valence-corrected chi connectivity index (χ2v) is 11.0. The van der Waals surface area contributed by atoms with Crippen molar-refractivity contribution in [2.75, 3.05) is 13.2 Å². The molecule has 2 N–H and O–H groups in total. The molecule has 8 nitrogen and oxygen atoms in total. The van der Waals surface area contributed by atoms with Gasteiger partial charge in [-0.05, 0) is 123 Å². The number of H-pyrrole nitrogens is 2. The SMILES string of the molecule is CC1=C2CCCOC(=O)CC(=O)OCCCC3=C(C)c4cc5[nH]c(cc5C)cc5[nH]c(cc1nc2cc3n4)cc5C. The molecule has 0 aromatic carbocycles. The normalized spacial score (nSPS) is 16.9. The van der Waals surface area contributed by atoms with E-state index in [4.69, 9.17) is 19.4 Å². The number of fused-ring (bicyclic) bond motifs is 6. The van der Waals surface area contributed by atoms with E-state index in [-0.39, 0.29) is 19.6 Å². The maximum absolute atomic E-state index is 12.1. The lowest BCUT2D eigenvalue weighted by molar-refractivity contribution is -0.154. The average molecular weight is 551 g/mol. The molecule has 0 aliphatic carbocycles. The first-order valence-corrected chi connectivity index (χ1v) is 14.2. The first kappa shape index (κ1) is 26.7. The molecule has 41 heavy (non-hydrogen) atoms. The van der Waals surface area contributed by atoms with Crippen molar-refractivity contribution in [2.45, 2.75) is 59.8 Å². The Labute approximate surface area is 238 Å². The maximum Gasteiger partial charge on any atom is 0.317 e. The Kier molecular flexibility index (Phi) is 7.07. The van der Waals surface area contributed by atoms with Crippen molar-refractivity contribution in [3.8, 4) is 0 Å². The van der Waals surface area contributed by atoms with E-state index in [0.29, 0.717) is 25.7 Å². The molecule has 6 heterocycles. The van der Waals surface area contributed by atoms with Crippen molar-refractivity contribution < 1.29 is 19.1 Å². The number of allylic oxidation sites excluding steroid dienone is 4. The number of carbonyl (C=O) groups excluding carboxylic acids is 2. The van der Waals surface area contributed by atoms with Gasteiger partial charge in [0.25, 0.3) is 0 Å². The van der Waals surface area contributed by atoms with E-state index in [1.54, 1.807) is 0 Å². The number of carbonyl (C=O) groups is 2. The zero-order chi connectivity index (χ0) is 28.7. The molecule has 3 aliphatic heterocycles. The summed E-state index contributed by atoms with van der Waals surface area (Å²) in [6.07, 6.45) is 2.21. The van der Waals surface area contributed by atoms with Gasteiger partial charge in [-0.15, -0.1) is 0 Å². The molecule has 8 bridgehead atoms. The zero-order valence-electron chi connectivity index (χ0n) is 23.9. The number of nitrogens with zero attached hydrogens (tertiary/aromatic N) is 2. The van der Waals surface area contributed by atoms with Crippen LogP contribution in [0.15, 0.2) is 36.4 Å². The fourth-order valence-electron chi connectivity index (χ4n) is 5.72. The van der Waals surface area contributed by atoms with Crippen LogP contribution >= 0.6 is 0 Å². The summed E-state index contributed by atoms with van der Waals surface area (Å²) in [6.45, 7) is 8.83. The Hall–Kier alpha value is -4.46. The standard InChI is InChI=1S/C33H34N4O4/c1-18-11-23-14-28-20(3)24-7-5-9-40-32(38)17-33(39)41-10-6-8-25-21(4)29(37-31(25)16-30(24)36-28)15-27-19(2)12-22(35-27)13-26(18)34-23/h11-16,34-35H,5-10,17H2,1-4H3. The predicted molar refractivity (Wildman–Crippen MR) is 160 cm³/mol. The minimum atomic E-state index is -0.558. The summed E-state index contributed by atoms with van der Waals surface area (Å²) >= 11 is 0. The highest BCUT2D eigenvalue weighted by molar-refractivity contribution is 5.95. The Morgan fingerprint density at radius 2 is 1.10 bits per heavy atom. The van der Waals surface area contributed by atoms with E-state index >= 15 is 0 Å². The molecule has 0 fully saturated rings. The van der Waals surface area contributed by atoms with E-state index in [1.807, 2.05) is 0 Å². The molecule has 0 spiro atoms. The number of ether oxygens (including phenoxy) is 2. The van der Waals surface area contributed by atoms with Gasteiger partial charge in [-0.3, -0.25) is 9.59 Å². The number of nitrogens with one attached hydrogen (secondary N) is 2. The van der Waals surface area contributed by atoms with Gasteiger partial charge in [0.05, 0.1) is 36.0 Å². The zero-order valence-corrected chi connectivity index (χ0v) is 23.9. The summed E-state index contributed by atoms with van der Waals surface area (Å²) < 4.78 is 10.6. The Balaban J connectivity index is 1.59. The highest BCUT2D eigenvalue weighted by atomic mass is 16.6. The molecule has 0 saturated heterocycles. The highest BCUT2D eigenvalue weighted by Crippen LogP contribution is 2.37. The van der Waals surface area contributed by atoms with E-state index in [1.165, 1.54) is 0 Å². The topological polar surface area (TPSA) is 110 Å². The molecule has 3 aromatic rings. The minimum Gasteiger partial charge on any atom is -0.465 e. The second kappa shape index (κ2) is 10.8. The largest absolute Gasteiger partial charge is 0.465 e. The van der Waals surface area contributed by atoms with Gasteiger partial charge in [-0.1, -0.05) is 0 Å². The van der Waals surface area contributed by atoms with E-state index in [0.717, 1.165) is 78.3 Å². The smallest absolute Gasteiger partial charge is 0.317 e. The van der Waals surface area contributed by atoms with E-state index in [9.17, 15) is 9.59 Å². The van der Waals surface area contributed by atoms with Crippen molar-refractivity contribution in [2.24, 2.45) is 0 Å². The minimum absolute atomic E-state index is 0.222. The molecule has 0 amide bonds. The number of aryl methyl sites for hydroxylation is 2. The van der Waals surface area contributed by atoms with Gasteiger partial charge in [-0.2, -0.15) is 0 Å². The third-order valence-corrected chi connectivity index (χ3v) is 8.03. The van der Waals surface area contributed by atoms with Crippen LogP contribution in [0.1, 0.15) is 79.9 Å². The molecule has 8 heteroatoms. The molecule has 210 valence electrons. The van der Waals surface area contributed by atoms with Crippen LogP contribution in [0.2, 0.25) is 0 Å². The van der Waals surface area contributed by atoms with Crippen molar-refractivity contribution in [3.63, 3.8) is 0 Å². The van der Waals surface area contributed by atoms with E-state index < -0.39 is 11.9 Å². The highest BCUT2D eigenvalue weighted by Gasteiger charge is 2.22. The summed E-state index contributed by atoms with van der Waals surface area (Å²) in [7, 11) is 0. The third-order valence-electron chi connectivity index (χ3n) is 8.03. The summed E-state index contributed by atoms with van der Waals surface area (Å²) in [5.41, 5.74) is 14.3. The number of hydrogen-bond donors (Lipinski definition) is 2. The van der Waals surface area contributed by atoms with Gasteiger partial charge in [0.2, 0.25) is 0 Å². The van der Waals surface area contributed by atoms with Crippen LogP contribution in [0.4, 0.5) is 0 Å². The number of cyclic esters (lactones) is 2. The molecule has 3 aromatic heterocycles. The molecule has 3 aliphatic rings. The third kappa shape index (κ3) is 5.46. The van der Waals surface area contributed by atoms with Crippen LogP contribution in [0.25, 0.3) is 44.4 Å². The van der Waals surface area contributed by atoms with Gasteiger partial charge in [0.1, 0.15) is 6.42 Å². The number of esters is 2. The van der Waals surface area contributed by atoms with Crippen molar-refractivity contribution in [3.05, 3.63) is 70.3 Å². The molecule has 0 atom stereocenters. The first-order valence-electron chi connectivity index (χ1n) is 14.2. The van der Waals surface area contributed by atoms with Gasteiger partial charge < -0.3 is 19.4 Å². The van der Waals surface area contributed by atoms with Crippen molar-refractivity contribution in [1.82, 2.24) is 19.9 Å². The summed E-state index contributed by atoms with van der Waals surface area (Å²) in [5, 5.41) is 0. The Morgan fingerprint density at radius 1 is 0.610 bits per heavy atom. The maximum atomic E-state index is 12.1. The summed E-state index contributed by atoms with van der Waals surface area (Å²) in [4.78, 5) is 41.6. The number of aromatic amines is 2. The van der Waals surface area contributed by atoms with Crippen LogP contribution in [0.3, 0.4) is 0 Å². The van der Waals surface area contributed by atoms with Gasteiger partial charge in [0.15, 0.2) is 0 Å². The molecular formula is C33H34N4O4. The van der Waals surface area contributed by atoms with Crippen LogP contribution < -0.4 is 0 Å². The number of aromatic nitrogens is 4. The van der Waals surface area contributed by atoms with Crippen molar-refractivity contribution in [1.29, 1.82) is 0 Å². The lowest BCUT2D eigenvalue weighted by Gasteiger charge is -2.10. The first-order chi connectivity index (χ1) is 19.7. The second-order valence-electron chi connectivity index (χ2n) is 11.0. The van der Waals surface area contributed by atoms with Crippen LogP contribution in [0, 0.1) is 13.8 Å². The van der Waals surface area contributed by atoms with Crippen LogP contribution in [0.5, 0.6) is 0 Å².